The van der Waals surface area contributed by atoms with E-state index >= 15 is 0 Å². The number of piperidine rings is 3. The first-order valence-electron chi connectivity index (χ1n) is 9.13. The second-order valence-corrected chi connectivity index (χ2v) is 7.32. The molecule has 0 spiro atoms. The Morgan fingerprint density at radius 1 is 1.36 bits per heavy atom. The second kappa shape index (κ2) is 7.48. The van der Waals surface area contributed by atoms with Gasteiger partial charge in [-0.2, -0.15) is 0 Å². The van der Waals surface area contributed by atoms with Gasteiger partial charge in [0.2, 0.25) is 0 Å². The molecule has 5 heteroatoms. The Labute approximate surface area is 156 Å². The van der Waals surface area contributed by atoms with Crippen molar-refractivity contribution in [2.45, 2.75) is 38.3 Å². The Morgan fingerprint density at radius 2 is 2.20 bits per heavy atom. The summed E-state index contributed by atoms with van der Waals surface area (Å²) in [5.74, 6) is 2.57. The molecule has 1 aromatic carbocycles. The van der Waals surface area contributed by atoms with E-state index in [4.69, 9.17) is 10.5 Å². The third kappa shape index (κ3) is 3.23. The van der Waals surface area contributed by atoms with Crippen molar-refractivity contribution in [3.05, 3.63) is 36.0 Å². The van der Waals surface area contributed by atoms with E-state index in [-0.39, 0.29) is 18.4 Å². The number of nitrogens with zero attached hydrogens (tertiary/aromatic N) is 2. The van der Waals surface area contributed by atoms with Gasteiger partial charge in [0.15, 0.2) is 0 Å². The Balaban J connectivity index is 0.00000182. The van der Waals surface area contributed by atoms with Gasteiger partial charge in [0, 0.05) is 30.2 Å². The van der Waals surface area contributed by atoms with Crippen molar-refractivity contribution >= 4 is 23.3 Å². The molecule has 0 saturated carbocycles. The van der Waals surface area contributed by atoms with Gasteiger partial charge >= 0.3 is 0 Å². The van der Waals surface area contributed by atoms with Crippen molar-refractivity contribution in [3.8, 4) is 5.75 Å². The van der Waals surface area contributed by atoms with Crippen molar-refractivity contribution in [2.75, 3.05) is 20.2 Å². The Kier molecular flexibility index (Phi) is 5.52. The lowest BCUT2D eigenvalue weighted by Gasteiger charge is -2.51. The van der Waals surface area contributed by atoms with E-state index < -0.39 is 0 Å². The fourth-order valence-electron chi connectivity index (χ4n) is 4.79. The monoisotopic (exact) mass is 361 g/mol. The van der Waals surface area contributed by atoms with Crippen molar-refractivity contribution < 1.29 is 4.74 Å². The highest BCUT2D eigenvalue weighted by molar-refractivity contribution is 5.85. The largest absolute Gasteiger partial charge is 0.497 e. The molecule has 136 valence electrons. The number of halogens is 1. The van der Waals surface area contributed by atoms with Crippen LogP contribution in [0.1, 0.15) is 37.8 Å². The summed E-state index contributed by atoms with van der Waals surface area (Å²) in [5, 5.41) is 1.12. The van der Waals surface area contributed by atoms with Crippen LogP contribution in [-0.2, 0) is 0 Å². The van der Waals surface area contributed by atoms with E-state index in [0.717, 1.165) is 28.5 Å². The second-order valence-electron chi connectivity index (χ2n) is 7.32. The van der Waals surface area contributed by atoms with Gasteiger partial charge in [-0.1, -0.05) is 13.3 Å². The van der Waals surface area contributed by atoms with Crippen LogP contribution in [0.2, 0.25) is 0 Å². The average Bonchev–Trinajstić information content (AvgIpc) is 2.66. The van der Waals surface area contributed by atoms with E-state index in [0.29, 0.717) is 6.04 Å². The van der Waals surface area contributed by atoms with Gasteiger partial charge in [0.1, 0.15) is 5.75 Å². The van der Waals surface area contributed by atoms with Crippen LogP contribution in [-0.4, -0.2) is 36.1 Å². The van der Waals surface area contributed by atoms with Gasteiger partial charge in [-0.05, 0) is 61.1 Å². The summed E-state index contributed by atoms with van der Waals surface area (Å²) in [7, 11) is 1.70. The molecule has 1 aromatic heterocycles. The molecule has 4 nitrogen and oxygen atoms in total. The molecule has 5 atom stereocenters. The molecule has 3 saturated heterocycles. The van der Waals surface area contributed by atoms with Gasteiger partial charge in [-0.25, -0.2) is 0 Å². The molecule has 3 aliphatic rings. The smallest absolute Gasteiger partial charge is 0.119 e. The standard InChI is InChI=1S/C20H27N3O.ClH/c1-3-13-12-23-9-7-14(13)10-19(23)20(21)16-6-8-22-18-5-4-15(24-2)11-17(16)18;/h4-6,8,11,13-14,19-20H,3,7,9-10,12,21H2,1-2H3;1H/t13-,14-,19-,20-;/m0./s1. The van der Waals surface area contributed by atoms with Gasteiger partial charge in [-0.3, -0.25) is 9.88 Å². The van der Waals surface area contributed by atoms with Crippen LogP contribution in [0.15, 0.2) is 30.5 Å². The SMILES string of the molecule is CC[C@H]1CN2CC[C@H]1C[C@H]2[C@@H](N)c1ccnc2ccc(OC)cc12.Cl. The van der Waals surface area contributed by atoms with Crippen LogP contribution < -0.4 is 10.5 Å². The normalized spacial score (nSPS) is 29.2. The summed E-state index contributed by atoms with van der Waals surface area (Å²) in [4.78, 5) is 7.12. The van der Waals surface area contributed by atoms with Crippen LogP contribution >= 0.6 is 12.4 Å². The Hall–Kier alpha value is -1.36. The van der Waals surface area contributed by atoms with Crippen molar-refractivity contribution in [2.24, 2.45) is 17.6 Å². The molecule has 0 aliphatic carbocycles. The predicted octanol–water partition coefficient (Wildman–Crippen LogP) is 3.79. The minimum Gasteiger partial charge on any atom is -0.497 e. The number of fused-ring (bicyclic) bond motifs is 4. The first kappa shape index (κ1) is 18.4. The summed E-state index contributed by atoms with van der Waals surface area (Å²) in [6.45, 7) is 4.74. The fraction of sp³-hybridized carbons (Fsp3) is 0.550. The van der Waals surface area contributed by atoms with Crippen LogP contribution in [0.4, 0.5) is 0 Å². The molecule has 25 heavy (non-hydrogen) atoms. The van der Waals surface area contributed by atoms with Crippen molar-refractivity contribution in [1.82, 2.24) is 9.88 Å². The van der Waals surface area contributed by atoms with Gasteiger partial charge in [-0.15, -0.1) is 12.4 Å². The van der Waals surface area contributed by atoms with Crippen LogP contribution in [0.3, 0.4) is 0 Å². The molecular weight excluding hydrogens is 334 g/mol. The number of rotatable bonds is 4. The van der Waals surface area contributed by atoms with Crippen molar-refractivity contribution in [3.63, 3.8) is 0 Å². The lowest BCUT2D eigenvalue weighted by Crippen LogP contribution is -2.56. The number of nitrogens with two attached hydrogens (primary N) is 1. The molecule has 3 fully saturated rings. The molecule has 0 amide bonds. The number of methoxy groups -OCH3 is 1. The zero-order valence-electron chi connectivity index (χ0n) is 15.0. The molecular formula is C20H28ClN3O. The molecule has 1 unspecified atom stereocenters. The molecule has 4 heterocycles. The summed E-state index contributed by atoms with van der Waals surface area (Å²) in [6.07, 6.45) is 5.74. The Bertz CT molecular complexity index is 738. The molecule has 2 aromatic rings. The summed E-state index contributed by atoms with van der Waals surface area (Å²) in [6, 6.07) is 8.62. The maximum Gasteiger partial charge on any atom is 0.119 e. The topological polar surface area (TPSA) is 51.4 Å². The third-order valence-electron chi connectivity index (χ3n) is 6.22. The van der Waals surface area contributed by atoms with Gasteiger partial charge in [0.05, 0.1) is 12.6 Å². The molecule has 3 aliphatic heterocycles. The van der Waals surface area contributed by atoms with Crippen LogP contribution in [0, 0.1) is 11.8 Å². The summed E-state index contributed by atoms with van der Waals surface area (Å²) in [5.41, 5.74) is 8.98. The first-order chi connectivity index (χ1) is 11.7. The van der Waals surface area contributed by atoms with E-state index in [9.17, 15) is 0 Å². The fourth-order valence-corrected chi connectivity index (χ4v) is 4.79. The number of pyridine rings is 1. The lowest BCUT2D eigenvalue weighted by atomic mass is 9.72. The number of aromatic nitrogens is 1. The van der Waals surface area contributed by atoms with Gasteiger partial charge < -0.3 is 10.5 Å². The first-order valence-corrected chi connectivity index (χ1v) is 9.13. The maximum atomic E-state index is 6.79. The minimum absolute atomic E-state index is 0. The van der Waals surface area contributed by atoms with E-state index in [1.165, 1.54) is 37.9 Å². The summed E-state index contributed by atoms with van der Waals surface area (Å²) < 4.78 is 5.40. The molecule has 5 rings (SSSR count). The van der Waals surface area contributed by atoms with Crippen molar-refractivity contribution in [1.29, 1.82) is 0 Å². The number of benzene rings is 1. The van der Waals surface area contributed by atoms with Gasteiger partial charge in [0.25, 0.3) is 0 Å². The Morgan fingerprint density at radius 3 is 2.88 bits per heavy atom. The molecule has 2 bridgehead atoms. The maximum absolute atomic E-state index is 6.79. The van der Waals surface area contributed by atoms with Crippen LogP contribution in [0.25, 0.3) is 10.9 Å². The quantitative estimate of drug-likeness (QED) is 0.900. The zero-order valence-corrected chi connectivity index (χ0v) is 15.8. The van der Waals surface area contributed by atoms with E-state index in [1.807, 2.05) is 18.3 Å². The highest BCUT2D eigenvalue weighted by Crippen LogP contribution is 2.42. The number of ether oxygens (including phenoxy) is 1. The molecule has 2 N–H and O–H groups in total. The predicted molar refractivity (Wildman–Crippen MR) is 104 cm³/mol. The van der Waals surface area contributed by atoms with E-state index in [2.05, 4.69) is 28.9 Å². The van der Waals surface area contributed by atoms with E-state index in [1.54, 1.807) is 7.11 Å². The lowest BCUT2D eigenvalue weighted by molar-refractivity contribution is -0.0105. The number of hydrogen-bond acceptors (Lipinski definition) is 4. The summed E-state index contributed by atoms with van der Waals surface area (Å²) >= 11 is 0. The van der Waals surface area contributed by atoms with Crippen LogP contribution in [0.5, 0.6) is 5.75 Å². The average molecular weight is 362 g/mol. The zero-order chi connectivity index (χ0) is 16.7. The highest BCUT2D eigenvalue weighted by atomic mass is 35.5. The number of hydrogen-bond donors (Lipinski definition) is 1. The molecule has 0 radical (unpaired) electrons. The highest BCUT2D eigenvalue weighted by Gasteiger charge is 2.41. The third-order valence-corrected chi connectivity index (χ3v) is 6.22. The minimum atomic E-state index is 0.